The number of carbonyl (C=O) groups excluding carboxylic acids is 2. The highest BCUT2D eigenvalue weighted by Gasteiger charge is 2.54. The van der Waals surface area contributed by atoms with Crippen LogP contribution >= 0.6 is 0 Å². The number of phenolic OH excluding ortho intramolecular Hbond substituents is 1. The molecule has 0 aliphatic heterocycles. The molecular formula is C19H16F2O3. The molecule has 0 saturated heterocycles. The van der Waals surface area contributed by atoms with E-state index < -0.39 is 17.0 Å². The molecule has 0 unspecified atom stereocenters. The lowest BCUT2D eigenvalue weighted by molar-refractivity contribution is -0.133. The number of hydrogen-bond donors (Lipinski definition) is 1. The summed E-state index contributed by atoms with van der Waals surface area (Å²) in [6.07, 6.45) is 1.02. The van der Waals surface area contributed by atoms with Crippen LogP contribution < -0.4 is 0 Å². The molecule has 0 bridgehead atoms. The van der Waals surface area contributed by atoms with E-state index in [-0.39, 0.29) is 30.2 Å². The fraction of sp³-hybridized carbons (Fsp3) is 0.263. The Morgan fingerprint density at radius 2 is 1.46 bits per heavy atom. The minimum Gasteiger partial charge on any atom is -0.505 e. The average molecular weight is 330 g/mol. The second-order valence-corrected chi connectivity index (χ2v) is 6.19. The van der Waals surface area contributed by atoms with Crippen LogP contribution in [0.25, 0.3) is 0 Å². The van der Waals surface area contributed by atoms with Crippen LogP contribution in [0.3, 0.4) is 0 Å². The van der Waals surface area contributed by atoms with Crippen molar-refractivity contribution in [1.82, 2.24) is 0 Å². The van der Waals surface area contributed by atoms with Crippen LogP contribution in [-0.4, -0.2) is 16.7 Å². The third-order valence-corrected chi connectivity index (χ3v) is 4.47. The van der Waals surface area contributed by atoms with Gasteiger partial charge in [0.1, 0.15) is 5.82 Å². The summed E-state index contributed by atoms with van der Waals surface area (Å²) in [5.74, 6) is -2.06. The lowest BCUT2D eigenvalue weighted by Gasteiger charge is -2.13. The number of halogens is 2. The van der Waals surface area contributed by atoms with Gasteiger partial charge >= 0.3 is 0 Å². The maximum absolute atomic E-state index is 13.4. The summed E-state index contributed by atoms with van der Waals surface area (Å²) in [6.45, 7) is 0. The van der Waals surface area contributed by atoms with E-state index in [1.807, 2.05) is 0 Å². The van der Waals surface area contributed by atoms with Crippen molar-refractivity contribution < 1.29 is 23.5 Å². The van der Waals surface area contributed by atoms with Crippen molar-refractivity contribution in [2.45, 2.75) is 25.7 Å². The van der Waals surface area contributed by atoms with Crippen molar-refractivity contribution in [3.8, 4) is 5.75 Å². The first kappa shape index (κ1) is 16.3. The largest absolute Gasteiger partial charge is 0.505 e. The van der Waals surface area contributed by atoms with Crippen LogP contribution in [0, 0.1) is 17.0 Å². The summed E-state index contributed by atoms with van der Waals surface area (Å²) in [6, 6.07) is 9.39. The first-order valence-electron chi connectivity index (χ1n) is 7.69. The molecule has 0 atom stereocenters. The molecule has 1 saturated carbocycles. The monoisotopic (exact) mass is 330 g/mol. The maximum Gasteiger partial charge on any atom is 0.165 e. The summed E-state index contributed by atoms with van der Waals surface area (Å²) in [7, 11) is 0. The minimum absolute atomic E-state index is 0.0492. The molecular weight excluding hydrogens is 314 g/mol. The molecule has 0 amide bonds. The second kappa shape index (κ2) is 6.15. The molecule has 24 heavy (non-hydrogen) atoms. The molecule has 1 fully saturated rings. The van der Waals surface area contributed by atoms with E-state index in [1.165, 1.54) is 36.4 Å². The summed E-state index contributed by atoms with van der Waals surface area (Å²) in [4.78, 5) is 25.0. The van der Waals surface area contributed by atoms with Crippen molar-refractivity contribution in [2.24, 2.45) is 5.41 Å². The lowest BCUT2D eigenvalue weighted by atomic mass is 9.88. The zero-order valence-electron chi connectivity index (χ0n) is 12.9. The quantitative estimate of drug-likeness (QED) is 0.826. The van der Waals surface area contributed by atoms with Gasteiger partial charge in [-0.25, -0.2) is 8.78 Å². The minimum atomic E-state index is -0.997. The van der Waals surface area contributed by atoms with Crippen molar-refractivity contribution in [2.75, 3.05) is 0 Å². The molecule has 2 aromatic rings. The topological polar surface area (TPSA) is 54.4 Å². The summed E-state index contributed by atoms with van der Waals surface area (Å²) in [5, 5.41) is 9.18. The SMILES string of the molecule is O=C(Cc1ccc(F)cc1)C1(C(=O)Cc2ccc(O)c(F)c2)CC1. The third kappa shape index (κ3) is 3.20. The Bertz CT molecular complexity index is 793. The first-order chi connectivity index (χ1) is 11.4. The van der Waals surface area contributed by atoms with Crippen LogP contribution in [0.2, 0.25) is 0 Å². The molecule has 2 aromatic carbocycles. The van der Waals surface area contributed by atoms with Crippen LogP contribution in [0.5, 0.6) is 5.75 Å². The number of carbonyl (C=O) groups is 2. The first-order valence-corrected chi connectivity index (χ1v) is 7.69. The lowest BCUT2D eigenvalue weighted by Crippen LogP contribution is -2.28. The molecule has 0 heterocycles. The summed E-state index contributed by atoms with van der Waals surface area (Å²) < 4.78 is 26.3. The van der Waals surface area contributed by atoms with E-state index >= 15 is 0 Å². The summed E-state index contributed by atoms with van der Waals surface area (Å²) in [5.41, 5.74) is 0.0928. The number of rotatable bonds is 6. The summed E-state index contributed by atoms with van der Waals surface area (Å²) >= 11 is 0. The molecule has 1 aliphatic rings. The Kier molecular flexibility index (Phi) is 4.18. The van der Waals surface area contributed by atoms with Gasteiger partial charge in [-0.05, 0) is 48.2 Å². The zero-order valence-corrected chi connectivity index (χ0v) is 12.9. The smallest absolute Gasteiger partial charge is 0.165 e. The molecule has 124 valence electrons. The number of ketones is 2. The zero-order chi connectivity index (χ0) is 17.3. The van der Waals surface area contributed by atoms with E-state index in [2.05, 4.69) is 0 Å². The maximum atomic E-state index is 13.4. The van der Waals surface area contributed by atoms with E-state index in [9.17, 15) is 23.5 Å². The molecule has 0 radical (unpaired) electrons. The van der Waals surface area contributed by atoms with Crippen LogP contribution in [-0.2, 0) is 22.4 Å². The van der Waals surface area contributed by atoms with Crippen LogP contribution in [0.4, 0.5) is 8.78 Å². The van der Waals surface area contributed by atoms with Gasteiger partial charge in [0.25, 0.3) is 0 Å². The predicted molar refractivity (Wildman–Crippen MR) is 83.6 cm³/mol. The highest BCUT2D eigenvalue weighted by Crippen LogP contribution is 2.48. The van der Waals surface area contributed by atoms with Crippen molar-refractivity contribution in [3.63, 3.8) is 0 Å². The van der Waals surface area contributed by atoms with E-state index in [4.69, 9.17) is 0 Å². The van der Waals surface area contributed by atoms with Gasteiger partial charge in [-0.15, -0.1) is 0 Å². The van der Waals surface area contributed by atoms with Crippen molar-refractivity contribution in [1.29, 1.82) is 0 Å². The Hall–Kier alpha value is -2.56. The van der Waals surface area contributed by atoms with E-state index in [1.54, 1.807) is 0 Å². The van der Waals surface area contributed by atoms with E-state index in [0.29, 0.717) is 24.0 Å². The average Bonchev–Trinajstić information content (AvgIpc) is 3.35. The highest BCUT2D eigenvalue weighted by molar-refractivity contribution is 6.10. The van der Waals surface area contributed by atoms with Gasteiger partial charge in [-0.3, -0.25) is 9.59 Å². The standard InChI is InChI=1S/C19H16F2O3/c20-14-4-1-12(2-5-14)10-17(23)19(7-8-19)18(24)11-13-3-6-16(22)15(21)9-13/h1-6,9,22H,7-8,10-11H2. The van der Waals surface area contributed by atoms with Gasteiger partial charge in [0.05, 0.1) is 5.41 Å². The second-order valence-electron chi connectivity index (χ2n) is 6.19. The van der Waals surface area contributed by atoms with Crippen molar-refractivity contribution >= 4 is 11.6 Å². The highest BCUT2D eigenvalue weighted by atomic mass is 19.1. The Balaban J connectivity index is 1.70. The number of benzene rings is 2. The number of hydrogen-bond acceptors (Lipinski definition) is 3. The van der Waals surface area contributed by atoms with Crippen LogP contribution in [0.1, 0.15) is 24.0 Å². The fourth-order valence-electron chi connectivity index (χ4n) is 2.81. The Morgan fingerprint density at radius 3 is 2.00 bits per heavy atom. The predicted octanol–water partition coefficient (Wildman–Crippen LogP) is 3.37. The van der Waals surface area contributed by atoms with Gasteiger partial charge in [0.15, 0.2) is 23.1 Å². The molecule has 5 heteroatoms. The molecule has 1 aliphatic carbocycles. The Morgan fingerprint density at radius 1 is 0.917 bits per heavy atom. The van der Waals surface area contributed by atoms with Gasteiger partial charge < -0.3 is 5.11 Å². The number of Topliss-reactive ketones (excluding diaryl/α,β-unsaturated/α-hetero) is 2. The molecule has 1 N–H and O–H groups in total. The molecule has 3 rings (SSSR count). The van der Waals surface area contributed by atoms with Gasteiger partial charge in [-0.1, -0.05) is 18.2 Å². The molecule has 0 spiro atoms. The van der Waals surface area contributed by atoms with Gasteiger partial charge in [-0.2, -0.15) is 0 Å². The molecule has 3 nitrogen and oxygen atoms in total. The molecule has 0 aromatic heterocycles. The third-order valence-electron chi connectivity index (χ3n) is 4.47. The van der Waals surface area contributed by atoms with E-state index in [0.717, 1.165) is 6.07 Å². The fourth-order valence-corrected chi connectivity index (χ4v) is 2.81. The van der Waals surface area contributed by atoms with Gasteiger partial charge in [0, 0.05) is 12.8 Å². The van der Waals surface area contributed by atoms with Crippen LogP contribution in [0.15, 0.2) is 42.5 Å². The number of aromatic hydroxyl groups is 1. The normalized spacial score (nSPS) is 15.1. The number of phenols is 1. The van der Waals surface area contributed by atoms with Gasteiger partial charge in [0.2, 0.25) is 0 Å². The Labute approximate surface area is 137 Å². The van der Waals surface area contributed by atoms with Crippen molar-refractivity contribution in [3.05, 3.63) is 65.2 Å².